The summed E-state index contributed by atoms with van der Waals surface area (Å²) in [5.41, 5.74) is 2.60. The first-order chi connectivity index (χ1) is 9.72. The number of ether oxygens (including phenoxy) is 2. The fraction of sp³-hybridized carbons (Fsp3) is 0.471. The zero-order valence-corrected chi connectivity index (χ0v) is 12.2. The van der Waals surface area contributed by atoms with Crippen LogP contribution in [-0.2, 0) is 9.53 Å². The quantitative estimate of drug-likeness (QED) is 0.783. The van der Waals surface area contributed by atoms with E-state index in [9.17, 15) is 4.79 Å². The number of allylic oxidation sites excluding steroid dienone is 1. The van der Waals surface area contributed by atoms with Crippen molar-refractivity contribution in [3.63, 3.8) is 0 Å². The summed E-state index contributed by atoms with van der Waals surface area (Å²) in [5.74, 6) is 0.928. The molecule has 0 spiro atoms. The molecule has 20 heavy (non-hydrogen) atoms. The Morgan fingerprint density at radius 2 is 1.90 bits per heavy atom. The highest BCUT2D eigenvalue weighted by Crippen LogP contribution is 2.30. The van der Waals surface area contributed by atoms with Gasteiger partial charge in [0, 0.05) is 0 Å². The van der Waals surface area contributed by atoms with Gasteiger partial charge < -0.3 is 9.47 Å². The maximum absolute atomic E-state index is 11.7. The second-order valence-electron chi connectivity index (χ2n) is 5.10. The molecule has 0 radical (unpaired) electrons. The lowest BCUT2D eigenvalue weighted by atomic mass is 9.85. The van der Waals surface area contributed by atoms with E-state index in [-0.39, 0.29) is 11.9 Å². The van der Waals surface area contributed by atoms with E-state index in [1.165, 1.54) is 11.1 Å². The number of rotatable bonds is 4. The summed E-state index contributed by atoms with van der Waals surface area (Å²) in [5, 5.41) is 0. The van der Waals surface area contributed by atoms with Crippen molar-refractivity contribution >= 4 is 12.0 Å². The molecular formula is C17H22O3. The highest BCUT2D eigenvalue weighted by molar-refractivity contribution is 5.72. The minimum Gasteiger partial charge on any atom is -0.497 e. The van der Waals surface area contributed by atoms with Crippen molar-refractivity contribution in [1.29, 1.82) is 0 Å². The van der Waals surface area contributed by atoms with Crippen molar-refractivity contribution in [2.24, 2.45) is 5.92 Å². The third kappa shape index (κ3) is 3.86. The molecule has 2 rings (SSSR count). The molecule has 0 aromatic heterocycles. The molecule has 1 aliphatic rings. The summed E-state index contributed by atoms with van der Waals surface area (Å²) < 4.78 is 10.2. The molecule has 0 atom stereocenters. The summed E-state index contributed by atoms with van der Waals surface area (Å²) in [6, 6.07) is 8.06. The predicted octanol–water partition coefficient (Wildman–Crippen LogP) is 3.83. The number of benzene rings is 1. The molecule has 1 aromatic rings. The average Bonchev–Trinajstić information content (AvgIpc) is 2.49. The van der Waals surface area contributed by atoms with Crippen LogP contribution in [0.4, 0.5) is 0 Å². The van der Waals surface area contributed by atoms with Crippen molar-refractivity contribution in [2.45, 2.75) is 32.6 Å². The van der Waals surface area contributed by atoms with Crippen molar-refractivity contribution in [3.05, 3.63) is 35.4 Å². The van der Waals surface area contributed by atoms with E-state index in [0.29, 0.717) is 6.61 Å². The first-order valence-electron chi connectivity index (χ1n) is 7.23. The number of hydrogen-bond acceptors (Lipinski definition) is 3. The Labute approximate surface area is 120 Å². The van der Waals surface area contributed by atoms with Gasteiger partial charge in [-0.05, 0) is 50.3 Å². The lowest BCUT2D eigenvalue weighted by Crippen LogP contribution is -2.20. The van der Waals surface area contributed by atoms with Crippen LogP contribution in [0.1, 0.15) is 38.2 Å². The van der Waals surface area contributed by atoms with Crippen molar-refractivity contribution in [3.8, 4) is 5.75 Å². The molecule has 0 heterocycles. The van der Waals surface area contributed by atoms with Gasteiger partial charge in [-0.15, -0.1) is 0 Å². The van der Waals surface area contributed by atoms with Crippen LogP contribution in [-0.4, -0.2) is 19.7 Å². The van der Waals surface area contributed by atoms with Gasteiger partial charge >= 0.3 is 5.97 Å². The molecule has 0 saturated heterocycles. The predicted molar refractivity (Wildman–Crippen MR) is 79.6 cm³/mol. The lowest BCUT2D eigenvalue weighted by molar-refractivity contribution is -0.148. The monoisotopic (exact) mass is 274 g/mol. The molecule has 1 aromatic carbocycles. The van der Waals surface area contributed by atoms with Crippen LogP contribution in [0, 0.1) is 5.92 Å². The molecule has 1 fully saturated rings. The van der Waals surface area contributed by atoms with Gasteiger partial charge in [-0.25, -0.2) is 0 Å². The minimum absolute atomic E-state index is 0.0315. The number of methoxy groups -OCH3 is 1. The summed E-state index contributed by atoms with van der Waals surface area (Å²) in [6.45, 7) is 2.33. The Kier molecular flexibility index (Phi) is 5.22. The number of carbonyl (C=O) groups is 1. The van der Waals surface area contributed by atoms with Crippen LogP contribution in [0.5, 0.6) is 5.75 Å². The Bertz CT molecular complexity index is 464. The van der Waals surface area contributed by atoms with Crippen LogP contribution in [0.25, 0.3) is 6.08 Å². The first kappa shape index (κ1) is 14.6. The summed E-state index contributed by atoms with van der Waals surface area (Å²) in [4.78, 5) is 11.7. The van der Waals surface area contributed by atoms with Gasteiger partial charge in [0.1, 0.15) is 5.75 Å². The van der Waals surface area contributed by atoms with Crippen LogP contribution >= 0.6 is 0 Å². The normalized spacial score (nSPS) is 18.5. The second-order valence-corrected chi connectivity index (χ2v) is 5.10. The molecule has 0 unspecified atom stereocenters. The Hall–Kier alpha value is -1.77. The highest BCUT2D eigenvalue weighted by Gasteiger charge is 2.24. The van der Waals surface area contributed by atoms with Gasteiger partial charge in [-0.2, -0.15) is 0 Å². The lowest BCUT2D eigenvalue weighted by Gasteiger charge is -2.22. The van der Waals surface area contributed by atoms with Crippen LogP contribution in [0.15, 0.2) is 29.8 Å². The van der Waals surface area contributed by atoms with Crippen LogP contribution in [0.2, 0.25) is 0 Å². The second kappa shape index (κ2) is 7.13. The van der Waals surface area contributed by atoms with Gasteiger partial charge in [-0.1, -0.05) is 23.8 Å². The van der Waals surface area contributed by atoms with Crippen molar-refractivity contribution in [2.75, 3.05) is 13.7 Å². The summed E-state index contributed by atoms with van der Waals surface area (Å²) >= 11 is 0. The Morgan fingerprint density at radius 3 is 2.45 bits per heavy atom. The van der Waals surface area contributed by atoms with Crippen LogP contribution < -0.4 is 4.74 Å². The van der Waals surface area contributed by atoms with E-state index in [2.05, 4.69) is 18.2 Å². The molecule has 0 bridgehead atoms. The van der Waals surface area contributed by atoms with E-state index in [0.717, 1.165) is 31.4 Å². The minimum atomic E-state index is -0.0315. The largest absolute Gasteiger partial charge is 0.497 e. The van der Waals surface area contributed by atoms with E-state index >= 15 is 0 Å². The first-order valence-corrected chi connectivity index (χ1v) is 7.23. The van der Waals surface area contributed by atoms with E-state index < -0.39 is 0 Å². The van der Waals surface area contributed by atoms with Gasteiger partial charge in [0.2, 0.25) is 0 Å². The van der Waals surface area contributed by atoms with E-state index in [1.54, 1.807) is 7.11 Å². The van der Waals surface area contributed by atoms with E-state index in [1.807, 2.05) is 19.1 Å². The SMILES string of the molecule is CCOC(=O)C1CCC(=Cc2ccc(OC)cc2)CC1. The molecule has 0 N–H and O–H groups in total. The molecule has 0 amide bonds. The maximum Gasteiger partial charge on any atom is 0.308 e. The number of hydrogen-bond donors (Lipinski definition) is 0. The molecule has 0 aliphatic heterocycles. The maximum atomic E-state index is 11.7. The van der Waals surface area contributed by atoms with Gasteiger partial charge in [-0.3, -0.25) is 4.79 Å². The summed E-state index contributed by atoms with van der Waals surface area (Å²) in [6.07, 6.45) is 5.99. The molecule has 108 valence electrons. The van der Waals surface area contributed by atoms with Crippen LogP contribution in [0.3, 0.4) is 0 Å². The van der Waals surface area contributed by atoms with Crippen molar-refractivity contribution in [1.82, 2.24) is 0 Å². The topological polar surface area (TPSA) is 35.5 Å². The summed E-state index contributed by atoms with van der Waals surface area (Å²) in [7, 11) is 1.67. The van der Waals surface area contributed by atoms with Gasteiger partial charge in [0.05, 0.1) is 19.6 Å². The third-order valence-electron chi connectivity index (χ3n) is 3.73. The van der Waals surface area contributed by atoms with Gasteiger partial charge in [0.25, 0.3) is 0 Å². The Balaban J connectivity index is 1.92. The zero-order chi connectivity index (χ0) is 14.4. The van der Waals surface area contributed by atoms with Gasteiger partial charge in [0.15, 0.2) is 0 Å². The molecule has 1 aliphatic carbocycles. The van der Waals surface area contributed by atoms with Crippen molar-refractivity contribution < 1.29 is 14.3 Å². The fourth-order valence-electron chi connectivity index (χ4n) is 2.56. The fourth-order valence-corrected chi connectivity index (χ4v) is 2.56. The molecule has 3 nitrogen and oxygen atoms in total. The van der Waals surface area contributed by atoms with E-state index in [4.69, 9.17) is 9.47 Å². The Morgan fingerprint density at radius 1 is 1.25 bits per heavy atom. The third-order valence-corrected chi connectivity index (χ3v) is 3.73. The number of esters is 1. The standard InChI is InChI=1S/C17H22O3/c1-3-20-17(18)15-8-4-13(5-9-15)12-14-6-10-16(19-2)11-7-14/h6-7,10-12,15H,3-5,8-9H2,1-2H3. The molecule has 3 heteroatoms. The number of carbonyl (C=O) groups excluding carboxylic acids is 1. The molecular weight excluding hydrogens is 252 g/mol. The highest BCUT2D eigenvalue weighted by atomic mass is 16.5. The zero-order valence-electron chi connectivity index (χ0n) is 12.2. The molecule has 1 saturated carbocycles. The average molecular weight is 274 g/mol. The smallest absolute Gasteiger partial charge is 0.308 e.